The smallest absolute Gasteiger partial charge is 0.326 e. The number of aliphatic hydroxyl groups is 4. The maximum absolute atomic E-state index is 14.2. The molecule has 1 aliphatic rings. The molecule has 0 spiro atoms. The number of aliphatic hydroxyl groups excluding tert-OH is 4. The van der Waals surface area contributed by atoms with Crippen molar-refractivity contribution in [2.24, 2.45) is 0 Å². The molecule has 4 aromatic rings. The molecule has 1 aliphatic heterocycles. The predicted octanol–water partition coefficient (Wildman–Crippen LogP) is -1.33. The Kier molecular flexibility index (Phi) is 16.8. The van der Waals surface area contributed by atoms with Crippen molar-refractivity contribution in [1.82, 2.24) is 26.6 Å². The molecule has 1 heterocycles. The van der Waals surface area contributed by atoms with Gasteiger partial charge in [-0.2, -0.15) is 0 Å². The summed E-state index contributed by atoms with van der Waals surface area (Å²) in [6.07, 6.45) is -9.41. The minimum atomic E-state index is -2.02. The summed E-state index contributed by atoms with van der Waals surface area (Å²) in [5, 5.41) is 73.4. The van der Waals surface area contributed by atoms with Crippen molar-refractivity contribution in [3.8, 4) is 0 Å². The van der Waals surface area contributed by atoms with Gasteiger partial charge in [0.05, 0.1) is 25.9 Å². The van der Waals surface area contributed by atoms with Crippen LogP contribution in [0.4, 0.5) is 0 Å². The van der Waals surface area contributed by atoms with Gasteiger partial charge in [-0.1, -0.05) is 103 Å². The van der Waals surface area contributed by atoms with Crippen LogP contribution in [0.3, 0.4) is 0 Å². The molecule has 0 bridgehead atoms. The van der Waals surface area contributed by atoms with Crippen molar-refractivity contribution in [2.45, 2.75) is 86.9 Å². The molecule has 19 nitrogen and oxygen atoms in total. The maximum Gasteiger partial charge on any atom is 0.326 e. The number of benzene rings is 4. The van der Waals surface area contributed by atoms with E-state index in [9.17, 15) is 64.2 Å². The van der Waals surface area contributed by atoms with Crippen molar-refractivity contribution in [1.29, 1.82) is 0 Å². The van der Waals surface area contributed by atoms with Crippen LogP contribution in [0.2, 0.25) is 0 Å². The third-order valence-electron chi connectivity index (χ3n) is 10.3. The molecule has 0 unspecified atom stereocenters. The molecule has 0 aromatic heterocycles. The van der Waals surface area contributed by atoms with Crippen LogP contribution in [-0.4, -0.2) is 134 Å². The number of nitrogens with one attached hydrogen (secondary N) is 5. The summed E-state index contributed by atoms with van der Waals surface area (Å²) in [5.74, 6) is -8.19. The molecule has 63 heavy (non-hydrogen) atoms. The van der Waals surface area contributed by atoms with Crippen molar-refractivity contribution >= 4 is 52.2 Å². The van der Waals surface area contributed by atoms with Crippen LogP contribution in [0.15, 0.2) is 103 Å². The number of carboxylic acid groups (broad SMARTS) is 2. The first kappa shape index (κ1) is 47.3. The zero-order chi connectivity index (χ0) is 45.6. The number of hydrogen-bond donors (Lipinski definition) is 11. The van der Waals surface area contributed by atoms with Gasteiger partial charge in [0.2, 0.25) is 29.5 Å². The average molecular weight is 872 g/mol. The number of carbonyl (C=O) groups excluding carboxylic acids is 5. The van der Waals surface area contributed by atoms with Gasteiger partial charge in [-0.15, -0.1) is 0 Å². The second kappa shape index (κ2) is 22.4. The number of carbonyl (C=O) groups is 7. The molecule has 0 radical (unpaired) electrons. The Hall–Kier alpha value is -6.77. The Morgan fingerprint density at radius 3 is 1.65 bits per heavy atom. The summed E-state index contributed by atoms with van der Waals surface area (Å²) >= 11 is 0. The fourth-order valence-electron chi connectivity index (χ4n) is 6.98. The quantitative estimate of drug-likeness (QED) is 0.0491. The lowest BCUT2D eigenvalue weighted by atomic mass is 9.96. The van der Waals surface area contributed by atoms with E-state index in [4.69, 9.17) is 4.74 Å². The Morgan fingerprint density at radius 2 is 1.08 bits per heavy atom. The summed E-state index contributed by atoms with van der Waals surface area (Å²) in [6.45, 7) is -0.795. The number of hydrogen-bond acceptors (Lipinski definition) is 12. The van der Waals surface area contributed by atoms with Gasteiger partial charge < -0.3 is 62.0 Å². The molecule has 5 amide bonds. The first-order valence-corrected chi connectivity index (χ1v) is 19.9. The Balaban J connectivity index is 1.40. The Labute approximate surface area is 360 Å². The van der Waals surface area contributed by atoms with Crippen LogP contribution in [0.1, 0.15) is 29.5 Å². The maximum atomic E-state index is 14.2. The molecule has 19 heteroatoms. The monoisotopic (exact) mass is 871 g/mol. The molecule has 1 saturated heterocycles. The Bertz CT molecular complexity index is 2250. The van der Waals surface area contributed by atoms with Gasteiger partial charge in [-0.25, -0.2) is 4.79 Å². The topological polar surface area (TPSA) is 310 Å². The largest absolute Gasteiger partial charge is 0.481 e. The van der Waals surface area contributed by atoms with Gasteiger partial charge in [0, 0.05) is 12.8 Å². The van der Waals surface area contributed by atoms with E-state index < -0.39 is 116 Å². The van der Waals surface area contributed by atoms with Gasteiger partial charge in [-0.3, -0.25) is 28.8 Å². The molecule has 0 saturated carbocycles. The fraction of sp³-hybridized carbons (Fsp3) is 0.341. The van der Waals surface area contributed by atoms with E-state index in [0.29, 0.717) is 16.7 Å². The fourth-order valence-corrected chi connectivity index (χ4v) is 6.98. The van der Waals surface area contributed by atoms with Gasteiger partial charge in [0.15, 0.2) is 6.29 Å². The molecule has 5 rings (SSSR count). The van der Waals surface area contributed by atoms with Crippen molar-refractivity contribution in [3.05, 3.63) is 120 Å². The highest BCUT2D eigenvalue weighted by molar-refractivity contribution is 5.97. The van der Waals surface area contributed by atoms with Crippen LogP contribution in [0, 0.1) is 0 Å². The number of aliphatic carboxylic acids is 2. The van der Waals surface area contributed by atoms with Gasteiger partial charge >= 0.3 is 11.9 Å². The number of fused-ring (bicyclic) bond motifs is 1. The zero-order valence-corrected chi connectivity index (χ0v) is 33.7. The molecular formula is C44H49N5O14. The SMILES string of the molecule is O=C(O)C[C@H](NC(=O)[C@H](CC(=O)N[C@@H]1[C@@H](O)[C@H](O)[C@@H](CO)O[C@@H]1O)NC(=O)[C@H](Cc1ccccc1)NC(=O)[C@H](Cc1ccccc1)NC(=O)Cc1ccc2ccccc2c1)C(=O)O. The lowest BCUT2D eigenvalue weighted by molar-refractivity contribution is -0.253. The van der Waals surface area contributed by atoms with E-state index in [2.05, 4.69) is 21.3 Å². The molecule has 4 aromatic carbocycles. The normalized spacial score (nSPS) is 20.2. The highest BCUT2D eigenvalue weighted by atomic mass is 16.6. The molecule has 0 aliphatic carbocycles. The standard InChI is InChI=1S/C44H49N5O14/c50-23-33-38(55)39(56)37(44(62)63-33)49-35(52)21-31(42(59)48-32(43(60)61)22-36(53)54)47-41(58)30(19-25-11-5-2-6-12-25)46-40(57)29(18-24-9-3-1-4-10-24)45-34(51)20-26-15-16-27-13-7-8-14-28(27)17-26/h1-17,29-33,37-39,44,50,55-56,62H,18-23H2,(H,45,51)(H,46,57)(H,47,58)(H,48,59)(H,49,52)(H,53,54)(H,60,61)/t29-,30-,31-,32-,33+,37+,38+,39+,44-/m0/s1. The van der Waals surface area contributed by atoms with E-state index in [1.165, 1.54) is 0 Å². The van der Waals surface area contributed by atoms with Crippen LogP contribution in [-0.2, 0) is 57.6 Å². The molecule has 11 N–H and O–H groups in total. The number of rotatable bonds is 20. The summed E-state index contributed by atoms with van der Waals surface area (Å²) in [7, 11) is 0. The summed E-state index contributed by atoms with van der Waals surface area (Å²) in [6, 6.07) is 21.8. The second-order valence-corrected chi connectivity index (χ2v) is 15.0. The van der Waals surface area contributed by atoms with Gasteiger partial charge in [0.25, 0.3) is 0 Å². The second-order valence-electron chi connectivity index (χ2n) is 15.0. The van der Waals surface area contributed by atoms with Crippen molar-refractivity contribution in [3.63, 3.8) is 0 Å². The van der Waals surface area contributed by atoms with Crippen LogP contribution < -0.4 is 26.6 Å². The molecule has 9 atom stereocenters. The number of ether oxygens (including phenoxy) is 1. The van der Waals surface area contributed by atoms with Gasteiger partial charge in [0.1, 0.15) is 48.5 Å². The van der Waals surface area contributed by atoms with E-state index in [1.54, 1.807) is 66.7 Å². The Morgan fingerprint density at radius 1 is 0.556 bits per heavy atom. The third-order valence-corrected chi connectivity index (χ3v) is 10.3. The zero-order valence-electron chi connectivity index (χ0n) is 33.7. The lowest BCUT2D eigenvalue weighted by Gasteiger charge is -2.40. The minimum Gasteiger partial charge on any atom is -0.481 e. The van der Waals surface area contributed by atoms with E-state index >= 15 is 0 Å². The van der Waals surface area contributed by atoms with Crippen LogP contribution >= 0.6 is 0 Å². The van der Waals surface area contributed by atoms with E-state index in [1.807, 2.05) is 41.7 Å². The molecule has 1 fully saturated rings. The minimum absolute atomic E-state index is 0.00248. The summed E-state index contributed by atoms with van der Waals surface area (Å²) in [4.78, 5) is 92.3. The van der Waals surface area contributed by atoms with Gasteiger partial charge in [-0.05, 0) is 27.5 Å². The lowest BCUT2D eigenvalue weighted by Crippen LogP contribution is -2.64. The average Bonchev–Trinajstić information content (AvgIpc) is 3.25. The summed E-state index contributed by atoms with van der Waals surface area (Å²) in [5.41, 5.74) is 1.88. The first-order valence-electron chi connectivity index (χ1n) is 19.9. The highest BCUT2D eigenvalue weighted by Gasteiger charge is 2.45. The van der Waals surface area contributed by atoms with E-state index in [-0.39, 0.29) is 19.3 Å². The van der Waals surface area contributed by atoms with Crippen molar-refractivity contribution < 1.29 is 68.9 Å². The van der Waals surface area contributed by atoms with Crippen molar-refractivity contribution in [2.75, 3.05) is 6.61 Å². The number of carboxylic acids is 2. The van der Waals surface area contributed by atoms with Crippen LogP contribution in [0.25, 0.3) is 10.8 Å². The van der Waals surface area contributed by atoms with Crippen LogP contribution in [0.5, 0.6) is 0 Å². The number of amides is 5. The molecule has 334 valence electrons. The highest BCUT2D eigenvalue weighted by Crippen LogP contribution is 2.20. The van der Waals surface area contributed by atoms with E-state index in [0.717, 1.165) is 10.8 Å². The molecular weight excluding hydrogens is 823 g/mol. The predicted molar refractivity (Wildman–Crippen MR) is 222 cm³/mol. The third kappa shape index (κ3) is 13.6. The summed E-state index contributed by atoms with van der Waals surface area (Å²) < 4.78 is 5.06. The first-order chi connectivity index (χ1) is 30.1.